The molecule has 0 aromatic heterocycles. The molecule has 2 nitrogen and oxygen atoms in total. The molecule has 0 saturated carbocycles. The quantitative estimate of drug-likeness (QED) is 0.642. The monoisotopic (exact) mass is 253 g/mol. The first-order valence-electron chi connectivity index (χ1n) is 7.69. The minimum atomic E-state index is 0.611. The van der Waals surface area contributed by atoms with E-state index in [9.17, 15) is 0 Å². The molecule has 0 radical (unpaired) electrons. The normalized spacial score (nSPS) is 22.6. The van der Waals surface area contributed by atoms with Gasteiger partial charge < -0.3 is 9.64 Å². The molecule has 0 aliphatic carbocycles. The largest absolute Gasteiger partial charge is 0.383 e. The van der Waals surface area contributed by atoms with Crippen molar-refractivity contribution in [3.63, 3.8) is 0 Å². The van der Waals surface area contributed by atoms with Gasteiger partial charge >= 0.3 is 0 Å². The van der Waals surface area contributed by atoms with E-state index in [1.54, 1.807) is 0 Å². The lowest BCUT2D eigenvalue weighted by molar-refractivity contribution is 0.130. The Morgan fingerprint density at radius 1 is 1.44 bits per heavy atom. The maximum absolute atomic E-state index is 5.35. The summed E-state index contributed by atoms with van der Waals surface area (Å²) in [5, 5.41) is 0. The highest BCUT2D eigenvalue weighted by Gasteiger charge is 2.25. The summed E-state index contributed by atoms with van der Waals surface area (Å²) in [5.74, 6) is 0.712. The SMILES string of the molecule is CCCC[C@@H](C)/C=C(/CC)N1CCC[C@H]1COC. The van der Waals surface area contributed by atoms with E-state index in [0.29, 0.717) is 12.0 Å². The number of unbranched alkanes of at least 4 members (excludes halogenated alkanes) is 1. The lowest BCUT2D eigenvalue weighted by Gasteiger charge is -2.29. The van der Waals surface area contributed by atoms with Crippen molar-refractivity contribution in [1.82, 2.24) is 4.90 Å². The zero-order valence-corrected chi connectivity index (χ0v) is 12.7. The van der Waals surface area contributed by atoms with Gasteiger partial charge in [0.1, 0.15) is 0 Å². The molecule has 1 saturated heterocycles. The fraction of sp³-hybridized carbons (Fsp3) is 0.875. The van der Waals surface area contributed by atoms with Gasteiger partial charge in [-0.15, -0.1) is 0 Å². The highest BCUT2D eigenvalue weighted by molar-refractivity contribution is 5.06. The van der Waals surface area contributed by atoms with Crippen molar-refractivity contribution in [2.24, 2.45) is 5.92 Å². The molecule has 0 amide bonds. The van der Waals surface area contributed by atoms with Gasteiger partial charge in [-0.1, -0.05) is 39.7 Å². The number of ether oxygens (including phenoxy) is 1. The summed E-state index contributed by atoms with van der Waals surface area (Å²) in [6, 6.07) is 0.611. The van der Waals surface area contributed by atoms with Crippen LogP contribution in [0.4, 0.5) is 0 Å². The number of likely N-dealkylation sites (tertiary alicyclic amines) is 1. The second-order valence-electron chi connectivity index (χ2n) is 5.58. The van der Waals surface area contributed by atoms with E-state index < -0.39 is 0 Å². The summed E-state index contributed by atoms with van der Waals surface area (Å²) < 4.78 is 5.35. The van der Waals surface area contributed by atoms with Crippen LogP contribution in [0, 0.1) is 5.92 Å². The van der Waals surface area contributed by atoms with Gasteiger partial charge in [-0.05, 0) is 31.6 Å². The van der Waals surface area contributed by atoms with Crippen LogP contribution in [0.1, 0.15) is 59.3 Å². The average Bonchev–Trinajstić information content (AvgIpc) is 2.82. The molecule has 18 heavy (non-hydrogen) atoms. The van der Waals surface area contributed by atoms with Crippen LogP contribution in [0.25, 0.3) is 0 Å². The van der Waals surface area contributed by atoms with Gasteiger partial charge in [0.2, 0.25) is 0 Å². The third kappa shape index (κ3) is 4.64. The first-order chi connectivity index (χ1) is 8.72. The van der Waals surface area contributed by atoms with Crippen LogP contribution in [0.3, 0.4) is 0 Å². The lowest BCUT2D eigenvalue weighted by atomic mass is 10.0. The van der Waals surface area contributed by atoms with Crippen LogP contribution in [0.15, 0.2) is 11.8 Å². The second kappa shape index (κ2) is 8.58. The van der Waals surface area contributed by atoms with Crippen molar-refractivity contribution >= 4 is 0 Å². The van der Waals surface area contributed by atoms with Gasteiger partial charge in [0.25, 0.3) is 0 Å². The maximum atomic E-state index is 5.35. The molecule has 1 aliphatic rings. The lowest BCUT2D eigenvalue weighted by Crippen LogP contribution is -2.32. The fourth-order valence-electron chi connectivity index (χ4n) is 2.93. The third-order valence-electron chi connectivity index (χ3n) is 3.96. The Morgan fingerprint density at radius 3 is 2.83 bits per heavy atom. The predicted molar refractivity (Wildman–Crippen MR) is 78.7 cm³/mol. The van der Waals surface area contributed by atoms with Crippen LogP contribution >= 0.6 is 0 Å². The molecule has 1 aliphatic heterocycles. The van der Waals surface area contributed by atoms with Gasteiger partial charge in [-0.2, -0.15) is 0 Å². The van der Waals surface area contributed by atoms with Crippen LogP contribution in [-0.4, -0.2) is 31.2 Å². The van der Waals surface area contributed by atoms with Gasteiger partial charge in [0.05, 0.1) is 12.6 Å². The minimum Gasteiger partial charge on any atom is -0.383 e. The fourth-order valence-corrected chi connectivity index (χ4v) is 2.93. The van der Waals surface area contributed by atoms with Gasteiger partial charge in [-0.25, -0.2) is 0 Å². The van der Waals surface area contributed by atoms with Crippen LogP contribution < -0.4 is 0 Å². The molecule has 2 heteroatoms. The van der Waals surface area contributed by atoms with Crippen molar-refractivity contribution in [1.29, 1.82) is 0 Å². The molecule has 1 heterocycles. The van der Waals surface area contributed by atoms with Gasteiger partial charge in [-0.3, -0.25) is 0 Å². The molecule has 0 aromatic rings. The zero-order valence-electron chi connectivity index (χ0n) is 12.7. The summed E-state index contributed by atoms with van der Waals surface area (Å²) in [5.41, 5.74) is 1.54. The first kappa shape index (κ1) is 15.6. The third-order valence-corrected chi connectivity index (χ3v) is 3.96. The van der Waals surface area contributed by atoms with Crippen molar-refractivity contribution in [3.05, 3.63) is 11.8 Å². The smallest absolute Gasteiger partial charge is 0.0666 e. The number of methoxy groups -OCH3 is 1. The maximum Gasteiger partial charge on any atom is 0.0666 e. The van der Waals surface area contributed by atoms with Crippen molar-refractivity contribution in [2.75, 3.05) is 20.3 Å². The summed E-state index contributed by atoms with van der Waals surface area (Å²) in [7, 11) is 1.82. The average molecular weight is 253 g/mol. The van der Waals surface area contributed by atoms with E-state index in [-0.39, 0.29) is 0 Å². The van der Waals surface area contributed by atoms with Crippen molar-refractivity contribution < 1.29 is 4.74 Å². The summed E-state index contributed by atoms with van der Waals surface area (Å²) >= 11 is 0. The Balaban J connectivity index is 2.60. The van der Waals surface area contributed by atoms with E-state index in [2.05, 4.69) is 31.7 Å². The zero-order chi connectivity index (χ0) is 13.4. The number of hydrogen-bond donors (Lipinski definition) is 0. The van der Waals surface area contributed by atoms with Crippen molar-refractivity contribution in [2.45, 2.75) is 65.3 Å². The predicted octanol–water partition coefficient (Wildman–Crippen LogP) is 4.22. The highest BCUT2D eigenvalue weighted by atomic mass is 16.5. The number of hydrogen-bond acceptors (Lipinski definition) is 2. The number of allylic oxidation sites excluding steroid dienone is 2. The summed E-state index contributed by atoms with van der Waals surface area (Å²) in [6.45, 7) is 8.99. The number of nitrogens with zero attached hydrogens (tertiary/aromatic N) is 1. The van der Waals surface area contributed by atoms with E-state index in [0.717, 1.165) is 13.0 Å². The van der Waals surface area contributed by atoms with E-state index >= 15 is 0 Å². The topological polar surface area (TPSA) is 12.5 Å². The number of rotatable bonds is 8. The minimum absolute atomic E-state index is 0.611. The van der Waals surface area contributed by atoms with Crippen LogP contribution in [0.2, 0.25) is 0 Å². The van der Waals surface area contributed by atoms with E-state index in [4.69, 9.17) is 4.74 Å². The standard InChI is InChI=1S/C16H31NO/c1-5-7-9-14(3)12-15(6-2)17-11-8-10-16(17)13-18-4/h12,14,16H,5-11,13H2,1-4H3/b15-12-/t14-,16+/m1/s1. The molecule has 1 fully saturated rings. The summed E-state index contributed by atoms with van der Waals surface area (Å²) in [6.07, 6.45) is 10.2. The molecular weight excluding hydrogens is 222 g/mol. The molecule has 106 valence electrons. The first-order valence-corrected chi connectivity index (χ1v) is 7.69. The van der Waals surface area contributed by atoms with Crippen LogP contribution in [0.5, 0.6) is 0 Å². The summed E-state index contributed by atoms with van der Waals surface area (Å²) in [4.78, 5) is 2.59. The Kier molecular flexibility index (Phi) is 7.41. The molecule has 0 aromatic carbocycles. The molecular formula is C16H31NO. The molecule has 0 bridgehead atoms. The highest BCUT2D eigenvalue weighted by Crippen LogP contribution is 2.26. The molecule has 2 atom stereocenters. The molecule has 0 unspecified atom stereocenters. The Labute approximate surface area is 113 Å². The van der Waals surface area contributed by atoms with Crippen LogP contribution in [-0.2, 0) is 4.74 Å². The van der Waals surface area contributed by atoms with Crippen molar-refractivity contribution in [3.8, 4) is 0 Å². The second-order valence-corrected chi connectivity index (χ2v) is 5.58. The Bertz CT molecular complexity index is 249. The Morgan fingerprint density at radius 2 is 2.22 bits per heavy atom. The van der Waals surface area contributed by atoms with Gasteiger partial charge in [0, 0.05) is 19.4 Å². The molecule has 0 N–H and O–H groups in total. The Hall–Kier alpha value is -0.500. The van der Waals surface area contributed by atoms with E-state index in [1.165, 1.54) is 44.3 Å². The van der Waals surface area contributed by atoms with E-state index in [1.807, 2.05) is 7.11 Å². The molecule has 0 spiro atoms. The molecule has 1 rings (SSSR count). The van der Waals surface area contributed by atoms with Gasteiger partial charge in [0.15, 0.2) is 0 Å².